The zero-order valence-corrected chi connectivity index (χ0v) is 17.7. The summed E-state index contributed by atoms with van der Waals surface area (Å²) < 4.78 is 4.95. The Morgan fingerprint density at radius 3 is 1.22 bits per heavy atom. The molecule has 1 aliphatic rings. The van der Waals surface area contributed by atoms with Crippen molar-refractivity contribution in [2.75, 3.05) is 0 Å². The van der Waals surface area contributed by atoms with Crippen molar-refractivity contribution in [3.8, 4) is 22.8 Å². The van der Waals surface area contributed by atoms with Crippen LogP contribution in [-0.2, 0) is 12.8 Å². The van der Waals surface area contributed by atoms with Gasteiger partial charge in [0.2, 0.25) is 0 Å². The van der Waals surface area contributed by atoms with Crippen molar-refractivity contribution in [3.05, 3.63) is 120 Å². The van der Waals surface area contributed by atoms with Crippen LogP contribution >= 0.6 is 0 Å². The Morgan fingerprint density at radius 2 is 0.781 bits per heavy atom. The largest absolute Gasteiger partial charge is 0.307 e. The Bertz CT molecular complexity index is 1480. The molecule has 2 heteroatoms. The van der Waals surface area contributed by atoms with Crippen LogP contribution in [0.25, 0.3) is 44.6 Å². The van der Waals surface area contributed by atoms with Crippen molar-refractivity contribution >= 4 is 21.8 Å². The Hall–Kier alpha value is -4.04. The van der Waals surface area contributed by atoms with Crippen LogP contribution in [0.5, 0.6) is 0 Å². The van der Waals surface area contributed by atoms with Gasteiger partial charge in [0, 0.05) is 22.1 Å². The number of para-hydroxylation sites is 4. The normalized spacial score (nSPS) is 12.8. The summed E-state index contributed by atoms with van der Waals surface area (Å²) in [5.41, 5.74) is 10.6. The van der Waals surface area contributed by atoms with Crippen molar-refractivity contribution in [1.82, 2.24) is 9.13 Å². The van der Waals surface area contributed by atoms with Crippen LogP contribution in [0.2, 0.25) is 0 Å². The van der Waals surface area contributed by atoms with Crippen LogP contribution in [0.15, 0.2) is 109 Å². The first-order valence-electron chi connectivity index (χ1n) is 11.3. The summed E-state index contributed by atoms with van der Waals surface area (Å²) in [6, 6.07) is 39.3. The van der Waals surface area contributed by atoms with Crippen molar-refractivity contribution in [2.24, 2.45) is 0 Å². The van der Waals surface area contributed by atoms with E-state index in [1.54, 1.807) is 0 Å². The predicted octanol–water partition coefficient (Wildman–Crippen LogP) is 7.34. The second-order valence-corrected chi connectivity index (χ2v) is 8.53. The third-order valence-corrected chi connectivity index (χ3v) is 6.84. The second-order valence-electron chi connectivity index (χ2n) is 8.53. The minimum Gasteiger partial charge on any atom is -0.307 e. The minimum atomic E-state index is 1.06. The standard InChI is InChI=1S/C30H22N2/c1-3-11-21(12-4-1)31-27-17-9-7-15-23(27)25-19-20-26-24-16-8-10-18-28(24)32(30(26)29(25)31)22-13-5-2-6-14-22/h1-18H,19-20H2. The first-order chi connectivity index (χ1) is 15.9. The number of hydrogen-bond acceptors (Lipinski definition) is 0. The van der Waals surface area contributed by atoms with Gasteiger partial charge in [-0.2, -0.15) is 0 Å². The molecule has 0 bridgehead atoms. The molecule has 0 radical (unpaired) electrons. The number of benzene rings is 4. The summed E-state index contributed by atoms with van der Waals surface area (Å²) in [5.74, 6) is 0. The highest BCUT2D eigenvalue weighted by atomic mass is 15.1. The minimum absolute atomic E-state index is 1.06. The van der Waals surface area contributed by atoms with Gasteiger partial charge >= 0.3 is 0 Å². The van der Waals surface area contributed by atoms with Gasteiger partial charge < -0.3 is 9.13 Å². The Kier molecular flexibility index (Phi) is 3.71. The highest BCUT2D eigenvalue weighted by Gasteiger charge is 2.30. The summed E-state index contributed by atoms with van der Waals surface area (Å²) in [5, 5.41) is 2.73. The third-order valence-electron chi connectivity index (χ3n) is 6.84. The van der Waals surface area contributed by atoms with E-state index >= 15 is 0 Å². The quantitative estimate of drug-likeness (QED) is 0.283. The molecule has 0 amide bonds. The maximum Gasteiger partial charge on any atom is 0.0744 e. The van der Waals surface area contributed by atoms with E-state index in [0.29, 0.717) is 0 Å². The van der Waals surface area contributed by atoms with Crippen LogP contribution in [0.3, 0.4) is 0 Å². The van der Waals surface area contributed by atoms with E-state index < -0.39 is 0 Å². The fourth-order valence-corrected chi connectivity index (χ4v) is 5.56. The molecule has 0 aliphatic heterocycles. The Labute approximate surface area is 187 Å². The SMILES string of the molecule is c1ccc(-n2c3c(c4ccccc42)CCc2c-3n(-c3ccccc3)c3ccccc23)cc1. The zero-order chi connectivity index (χ0) is 21.1. The Balaban J connectivity index is 1.69. The van der Waals surface area contributed by atoms with Gasteiger partial charge in [0.15, 0.2) is 0 Å². The molecule has 2 nitrogen and oxygen atoms in total. The molecule has 6 aromatic rings. The van der Waals surface area contributed by atoms with Gasteiger partial charge in [0.05, 0.1) is 22.4 Å². The fraction of sp³-hybridized carbons (Fsp3) is 0.0667. The van der Waals surface area contributed by atoms with E-state index in [1.807, 2.05) is 0 Å². The number of hydrogen-bond donors (Lipinski definition) is 0. The highest BCUT2D eigenvalue weighted by molar-refractivity contribution is 6.00. The van der Waals surface area contributed by atoms with Gasteiger partial charge in [-0.25, -0.2) is 0 Å². The summed E-state index contributed by atoms with van der Waals surface area (Å²) >= 11 is 0. The molecular formula is C30H22N2. The number of fused-ring (bicyclic) bond motifs is 7. The number of nitrogens with zero attached hydrogens (tertiary/aromatic N) is 2. The fourth-order valence-electron chi connectivity index (χ4n) is 5.56. The first kappa shape index (κ1) is 17.6. The molecule has 1 aliphatic carbocycles. The number of aromatic nitrogens is 2. The third kappa shape index (κ3) is 2.35. The van der Waals surface area contributed by atoms with Gasteiger partial charge in [-0.1, -0.05) is 72.8 Å². The maximum absolute atomic E-state index is 2.47. The summed E-state index contributed by atoms with van der Waals surface area (Å²) in [7, 11) is 0. The topological polar surface area (TPSA) is 9.86 Å². The molecule has 32 heavy (non-hydrogen) atoms. The Morgan fingerprint density at radius 1 is 0.406 bits per heavy atom. The van der Waals surface area contributed by atoms with Crippen molar-refractivity contribution < 1.29 is 0 Å². The van der Waals surface area contributed by atoms with Crippen molar-refractivity contribution in [2.45, 2.75) is 12.8 Å². The molecule has 7 rings (SSSR count). The predicted molar refractivity (Wildman–Crippen MR) is 133 cm³/mol. The van der Waals surface area contributed by atoms with Crippen LogP contribution in [0.1, 0.15) is 11.1 Å². The van der Waals surface area contributed by atoms with E-state index in [4.69, 9.17) is 0 Å². The van der Waals surface area contributed by atoms with E-state index in [1.165, 1.54) is 55.7 Å². The summed E-state index contributed by atoms with van der Waals surface area (Å²) in [6.45, 7) is 0. The lowest BCUT2D eigenvalue weighted by atomic mass is 9.92. The summed E-state index contributed by atoms with van der Waals surface area (Å²) in [6.07, 6.45) is 2.12. The lowest BCUT2D eigenvalue weighted by Gasteiger charge is -2.21. The molecule has 0 fully saturated rings. The molecule has 0 N–H and O–H groups in total. The lowest BCUT2D eigenvalue weighted by molar-refractivity contribution is 0.921. The monoisotopic (exact) mass is 410 g/mol. The molecule has 4 aromatic carbocycles. The zero-order valence-electron chi connectivity index (χ0n) is 17.7. The second kappa shape index (κ2) is 6.73. The van der Waals surface area contributed by atoms with Gasteiger partial charge in [-0.3, -0.25) is 0 Å². The van der Waals surface area contributed by atoms with Crippen LogP contribution in [-0.4, -0.2) is 9.13 Å². The van der Waals surface area contributed by atoms with Gasteiger partial charge in [-0.05, 0) is 60.4 Å². The lowest BCUT2D eigenvalue weighted by Crippen LogP contribution is -2.09. The molecule has 2 aromatic heterocycles. The van der Waals surface area contributed by atoms with Gasteiger partial charge in [0.25, 0.3) is 0 Å². The van der Waals surface area contributed by atoms with Crippen molar-refractivity contribution in [3.63, 3.8) is 0 Å². The van der Waals surface area contributed by atoms with Gasteiger partial charge in [-0.15, -0.1) is 0 Å². The number of aryl methyl sites for hydroxylation is 2. The van der Waals surface area contributed by atoms with E-state index in [2.05, 4.69) is 118 Å². The first-order valence-corrected chi connectivity index (χ1v) is 11.3. The molecule has 0 saturated carbocycles. The van der Waals surface area contributed by atoms with E-state index in [9.17, 15) is 0 Å². The van der Waals surface area contributed by atoms with Crippen molar-refractivity contribution in [1.29, 1.82) is 0 Å². The van der Waals surface area contributed by atoms with Crippen LogP contribution in [0, 0.1) is 0 Å². The molecule has 0 unspecified atom stereocenters. The summed E-state index contributed by atoms with van der Waals surface area (Å²) in [4.78, 5) is 0. The number of rotatable bonds is 2. The van der Waals surface area contributed by atoms with Gasteiger partial charge in [0.1, 0.15) is 0 Å². The average Bonchev–Trinajstić information content (AvgIpc) is 3.38. The van der Waals surface area contributed by atoms with Crippen LogP contribution < -0.4 is 0 Å². The smallest absolute Gasteiger partial charge is 0.0744 e. The molecule has 0 spiro atoms. The van der Waals surface area contributed by atoms with E-state index in [0.717, 1.165) is 12.8 Å². The average molecular weight is 411 g/mol. The maximum atomic E-state index is 2.47. The highest BCUT2D eigenvalue weighted by Crippen LogP contribution is 2.46. The van der Waals surface area contributed by atoms with Crippen LogP contribution in [0.4, 0.5) is 0 Å². The molecule has 152 valence electrons. The molecule has 0 atom stereocenters. The van der Waals surface area contributed by atoms with E-state index in [-0.39, 0.29) is 0 Å². The molecule has 2 heterocycles. The molecular weight excluding hydrogens is 388 g/mol. The molecule has 0 saturated heterocycles.